The number of H-pyrrole nitrogens is 1. The highest BCUT2D eigenvalue weighted by atomic mass is 32.2. The Morgan fingerprint density at radius 3 is 2.55 bits per heavy atom. The van der Waals surface area contributed by atoms with Gasteiger partial charge < -0.3 is 9.72 Å². The van der Waals surface area contributed by atoms with Gasteiger partial charge in [-0.3, -0.25) is 9.52 Å². The number of aryl methyl sites for hydroxylation is 2. The summed E-state index contributed by atoms with van der Waals surface area (Å²) in [7, 11) is -3.88. The van der Waals surface area contributed by atoms with Gasteiger partial charge in [0.05, 0.1) is 17.1 Å². The van der Waals surface area contributed by atoms with Gasteiger partial charge in [-0.05, 0) is 68.1 Å². The minimum Gasteiger partial charge on any atom is -0.462 e. The SMILES string of the molecule is CCOC(=O)c1ccc(NS(=O)(=O)c2cc3[nH]c4c(c3cc2CC)C(=O)CCC4)cc1. The molecule has 0 saturated heterocycles. The van der Waals surface area contributed by atoms with Gasteiger partial charge in [0.2, 0.25) is 0 Å². The number of ether oxygens (including phenoxy) is 1. The molecule has 0 radical (unpaired) electrons. The van der Waals surface area contributed by atoms with Crippen molar-refractivity contribution in [3.63, 3.8) is 0 Å². The summed E-state index contributed by atoms with van der Waals surface area (Å²) in [5.74, 6) is -0.356. The minimum atomic E-state index is -3.88. The number of aromatic nitrogens is 1. The lowest BCUT2D eigenvalue weighted by molar-refractivity contribution is 0.0526. The Kier molecular flexibility index (Phi) is 5.58. The van der Waals surface area contributed by atoms with Crippen LogP contribution in [-0.2, 0) is 27.6 Å². The predicted molar refractivity (Wildman–Crippen MR) is 118 cm³/mol. The van der Waals surface area contributed by atoms with Crippen molar-refractivity contribution in [3.05, 3.63) is 58.8 Å². The van der Waals surface area contributed by atoms with E-state index in [1.807, 2.05) is 13.0 Å². The van der Waals surface area contributed by atoms with E-state index in [1.54, 1.807) is 13.0 Å². The quantitative estimate of drug-likeness (QED) is 0.558. The number of benzene rings is 2. The zero-order valence-corrected chi connectivity index (χ0v) is 18.3. The molecule has 1 aromatic heterocycles. The number of aromatic amines is 1. The van der Waals surface area contributed by atoms with Gasteiger partial charge in [-0.2, -0.15) is 0 Å². The second kappa shape index (κ2) is 8.19. The maximum atomic E-state index is 13.2. The number of anilines is 1. The van der Waals surface area contributed by atoms with Crippen LogP contribution in [0.3, 0.4) is 0 Å². The number of carbonyl (C=O) groups excluding carboxylic acids is 2. The summed E-state index contributed by atoms with van der Waals surface area (Å²) in [4.78, 5) is 27.6. The summed E-state index contributed by atoms with van der Waals surface area (Å²) < 4.78 is 33.9. The molecule has 0 saturated carbocycles. The van der Waals surface area contributed by atoms with Gasteiger partial charge in [-0.1, -0.05) is 6.92 Å². The maximum Gasteiger partial charge on any atom is 0.338 e. The van der Waals surface area contributed by atoms with Crippen LogP contribution in [0.15, 0.2) is 41.3 Å². The van der Waals surface area contributed by atoms with Crippen molar-refractivity contribution >= 4 is 38.4 Å². The molecule has 1 heterocycles. The number of esters is 1. The Morgan fingerprint density at radius 1 is 1.13 bits per heavy atom. The maximum absolute atomic E-state index is 13.2. The predicted octanol–water partition coefficient (Wildman–Crippen LogP) is 4.23. The average Bonchev–Trinajstić information content (AvgIpc) is 3.12. The van der Waals surface area contributed by atoms with E-state index < -0.39 is 16.0 Å². The molecule has 7 nitrogen and oxygen atoms in total. The summed E-state index contributed by atoms with van der Waals surface area (Å²) in [5.41, 5.74) is 3.56. The van der Waals surface area contributed by atoms with Crippen molar-refractivity contribution in [1.82, 2.24) is 4.98 Å². The molecule has 3 aromatic rings. The molecule has 0 amide bonds. The van der Waals surface area contributed by atoms with E-state index in [0.29, 0.717) is 40.7 Å². The Labute approximate surface area is 180 Å². The van der Waals surface area contributed by atoms with Crippen LogP contribution < -0.4 is 4.72 Å². The van der Waals surface area contributed by atoms with Gasteiger partial charge in [0.15, 0.2) is 5.78 Å². The van der Waals surface area contributed by atoms with E-state index in [1.165, 1.54) is 24.3 Å². The van der Waals surface area contributed by atoms with Crippen molar-refractivity contribution in [2.24, 2.45) is 0 Å². The molecule has 1 aliphatic carbocycles. The second-order valence-corrected chi connectivity index (χ2v) is 9.17. The first-order valence-corrected chi connectivity index (χ1v) is 11.8. The van der Waals surface area contributed by atoms with Crippen LogP contribution in [0.4, 0.5) is 5.69 Å². The molecular formula is C23H24N2O5S. The molecule has 0 aliphatic heterocycles. The van der Waals surface area contributed by atoms with E-state index in [2.05, 4.69) is 9.71 Å². The van der Waals surface area contributed by atoms with Crippen molar-refractivity contribution in [2.75, 3.05) is 11.3 Å². The molecule has 8 heteroatoms. The monoisotopic (exact) mass is 440 g/mol. The fraction of sp³-hybridized carbons (Fsp3) is 0.304. The topological polar surface area (TPSA) is 105 Å². The lowest BCUT2D eigenvalue weighted by atomic mass is 9.94. The zero-order valence-electron chi connectivity index (χ0n) is 17.4. The minimum absolute atomic E-state index is 0.102. The lowest BCUT2D eigenvalue weighted by Gasteiger charge is -2.13. The van der Waals surface area contributed by atoms with Gasteiger partial charge in [-0.25, -0.2) is 13.2 Å². The van der Waals surface area contributed by atoms with Gasteiger partial charge in [0, 0.05) is 34.3 Å². The number of hydrogen-bond acceptors (Lipinski definition) is 5. The van der Waals surface area contributed by atoms with Crippen molar-refractivity contribution < 1.29 is 22.7 Å². The highest BCUT2D eigenvalue weighted by Crippen LogP contribution is 2.33. The summed E-state index contributed by atoms with van der Waals surface area (Å²) in [6.07, 6.45) is 2.60. The molecule has 0 spiro atoms. The van der Waals surface area contributed by atoms with E-state index in [4.69, 9.17) is 4.74 Å². The molecule has 2 N–H and O–H groups in total. The molecule has 1 aliphatic rings. The fourth-order valence-electron chi connectivity index (χ4n) is 4.00. The van der Waals surface area contributed by atoms with E-state index >= 15 is 0 Å². The van der Waals surface area contributed by atoms with Crippen LogP contribution in [0, 0.1) is 0 Å². The van der Waals surface area contributed by atoms with Gasteiger partial charge >= 0.3 is 5.97 Å². The largest absolute Gasteiger partial charge is 0.462 e. The number of Topliss-reactive ketones (excluding diaryl/α,β-unsaturated/α-hetero) is 1. The van der Waals surface area contributed by atoms with Crippen LogP contribution in [0.5, 0.6) is 0 Å². The number of rotatable bonds is 6. The van der Waals surface area contributed by atoms with Crippen LogP contribution in [0.25, 0.3) is 10.9 Å². The van der Waals surface area contributed by atoms with Gasteiger partial charge in [0.1, 0.15) is 0 Å². The van der Waals surface area contributed by atoms with Crippen LogP contribution >= 0.6 is 0 Å². The number of nitrogens with one attached hydrogen (secondary N) is 2. The number of fused-ring (bicyclic) bond motifs is 3. The third-order valence-corrected chi connectivity index (χ3v) is 6.95. The third-order valence-electron chi connectivity index (χ3n) is 5.49. The molecule has 2 aromatic carbocycles. The van der Waals surface area contributed by atoms with Crippen LogP contribution in [0.2, 0.25) is 0 Å². The number of carbonyl (C=O) groups is 2. The molecule has 0 bridgehead atoms. The summed E-state index contributed by atoms with van der Waals surface area (Å²) >= 11 is 0. The smallest absolute Gasteiger partial charge is 0.338 e. The number of sulfonamides is 1. The molecule has 4 rings (SSSR count). The normalized spacial score (nSPS) is 13.8. The first-order chi connectivity index (χ1) is 14.8. The van der Waals surface area contributed by atoms with E-state index in [0.717, 1.165) is 23.9 Å². The molecule has 0 fully saturated rings. The summed E-state index contributed by atoms with van der Waals surface area (Å²) in [6, 6.07) is 9.51. The van der Waals surface area contributed by atoms with E-state index in [-0.39, 0.29) is 17.3 Å². The number of ketones is 1. The molecule has 162 valence electrons. The lowest BCUT2D eigenvalue weighted by Crippen LogP contribution is -2.15. The van der Waals surface area contributed by atoms with Gasteiger partial charge in [-0.15, -0.1) is 0 Å². The summed E-state index contributed by atoms with van der Waals surface area (Å²) in [5, 5.41) is 0.786. The Bertz CT molecular complexity index is 1270. The Morgan fingerprint density at radius 2 is 1.87 bits per heavy atom. The second-order valence-electron chi connectivity index (χ2n) is 7.52. The van der Waals surface area contributed by atoms with Crippen molar-refractivity contribution in [2.45, 2.75) is 44.4 Å². The average molecular weight is 441 g/mol. The molecule has 0 unspecified atom stereocenters. The highest BCUT2D eigenvalue weighted by Gasteiger charge is 2.26. The first-order valence-electron chi connectivity index (χ1n) is 10.3. The Balaban J connectivity index is 1.70. The molecular weight excluding hydrogens is 416 g/mol. The molecule has 31 heavy (non-hydrogen) atoms. The highest BCUT2D eigenvalue weighted by molar-refractivity contribution is 7.92. The molecule has 0 atom stereocenters. The van der Waals surface area contributed by atoms with Crippen molar-refractivity contribution in [1.29, 1.82) is 0 Å². The zero-order chi connectivity index (χ0) is 22.2. The van der Waals surface area contributed by atoms with E-state index in [9.17, 15) is 18.0 Å². The Hall–Kier alpha value is -3.13. The van der Waals surface area contributed by atoms with Crippen molar-refractivity contribution in [3.8, 4) is 0 Å². The standard InChI is InChI=1S/C23H24N2O5S/c1-3-14-12-17-19(24-18-6-5-7-20(26)22(17)18)13-21(14)31(28,29)25-16-10-8-15(9-11-16)23(27)30-4-2/h8-13,24-25H,3-7H2,1-2H3. The third kappa shape index (κ3) is 3.95. The van der Waals surface area contributed by atoms with Crippen LogP contribution in [-0.4, -0.2) is 31.8 Å². The fourth-order valence-corrected chi connectivity index (χ4v) is 5.38. The number of hydrogen-bond donors (Lipinski definition) is 2. The van der Waals surface area contributed by atoms with Crippen LogP contribution in [0.1, 0.15) is 58.7 Å². The van der Waals surface area contributed by atoms with Gasteiger partial charge in [0.25, 0.3) is 10.0 Å². The summed E-state index contributed by atoms with van der Waals surface area (Å²) in [6.45, 7) is 3.87. The first kappa shape index (κ1) is 21.1.